The molecule has 162 valence electrons. The molecule has 6 heteroatoms. The summed E-state index contributed by atoms with van der Waals surface area (Å²) in [5.41, 5.74) is 5.01. The van der Waals surface area contributed by atoms with Gasteiger partial charge >= 0.3 is 5.97 Å². The molecule has 0 spiro atoms. The molecule has 0 aliphatic rings. The molecular formula is C26H25N3O3. The average Bonchev–Trinajstić information content (AvgIpc) is 3.10. The minimum Gasteiger partial charge on any atom is -0.461 e. The minimum absolute atomic E-state index is 0.248. The number of rotatable bonds is 7. The highest BCUT2D eigenvalue weighted by atomic mass is 16.5. The van der Waals surface area contributed by atoms with Crippen LogP contribution in [0.4, 0.5) is 11.4 Å². The Morgan fingerprint density at radius 3 is 2.44 bits per heavy atom. The van der Waals surface area contributed by atoms with Gasteiger partial charge in [0, 0.05) is 24.7 Å². The number of nitrogens with zero attached hydrogens (tertiary/aromatic N) is 3. The standard InChI is InChI=1S/C26H25N3O3/c1-6-21-24(28-4)23(25(29(21)5)26(31)32-7-2)19-13-11-18(12-14-19)22(30)16-17-9-8-10-20(15-17)27-3/h8-15,22,30H,6-7,16H2,1-2,5H3. The molecule has 6 nitrogen and oxygen atoms in total. The molecule has 0 bridgehead atoms. The fourth-order valence-corrected chi connectivity index (χ4v) is 3.92. The zero-order valence-electron chi connectivity index (χ0n) is 18.4. The lowest BCUT2D eigenvalue weighted by Gasteiger charge is -2.13. The third-order valence-corrected chi connectivity index (χ3v) is 5.46. The molecule has 1 atom stereocenters. The van der Waals surface area contributed by atoms with Gasteiger partial charge in [0.1, 0.15) is 5.69 Å². The molecule has 3 aromatic rings. The summed E-state index contributed by atoms with van der Waals surface area (Å²) in [5.74, 6) is -0.460. The van der Waals surface area contributed by atoms with Crippen LogP contribution in [-0.2, 0) is 24.6 Å². The number of hydrogen-bond acceptors (Lipinski definition) is 3. The topological polar surface area (TPSA) is 60.2 Å². The molecule has 1 N–H and O–H groups in total. The molecule has 0 radical (unpaired) electrons. The lowest BCUT2D eigenvalue weighted by atomic mass is 9.97. The molecule has 0 amide bonds. The molecule has 0 saturated heterocycles. The van der Waals surface area contributed by atoms with E-state index in [1.165, 1.54) is 0 Å². The van der Waals surface area contributed by atoms with E-state index in [1.54, 1.807) is 42.8 Å². The second-order valence-electron chi connectivity index (χ2n) is 7.39. The number of aromatic nitrogens is 1. The average molecular weight is 428 g/mol. The highest BCUT2D eigenvalue weighted by Gasteiger charge is 2.27. The van der Waals surface area contributed by atoms with Crippen molar-refractivity contribution in [1.29, 1.82) is 0 Å². The van der Waals surface area contributed by atoms with Gasteiger partial charge in [0.2, 0.25) is 5.69 Å². The lowest BCUT2D eigenvalue weighted by Crippen LogP contribution is -2.12. The first-order valence-corrected chi connectivity index (χ1v) is 10.5. The van der Waals surface area contributed by atoms with Crippen LogP contribution in [0.5, 0.6) is 0 Å². The van der Waals surface area contributed by atoms with Crippen molar-refractivity contribution in [2.24, 2.45) is 7.05 Å². The quantitative estimate of drug-likeness (QED) is 0.382. The van der Waals surface area contributed by atoms with Crippen molar-refractivity contribution in [1.82, 2.24) is 4.57 Å². The van der Waals surface area contributed by atoms with E-state index in [1.807, 2.05) is 31.2 Å². The van der Waals surface area contributed by atoms with E-state index in [9.17, 15) is 9.90 Å². The number of aliphatic hydroxyl groups is 1. The fraction of sp³-hybridized carbons (Fsp3) is 0.269. The maximum Gasteiger partial charge on any atom is 0.354 e. The van der Waals surface area contributed by atoms with Gasteiger partial charge in [-0.3, -0.25) is 0 Å². The normalized spacial score (nSPS) is 11.4. The van der Waals surface area contributed by atoms with E-state index in [-0.39, 0.29) is 6.61 Å². The molecular weight excluding hydrogens is 402 g/mol. The second-order valence-corrected chi connectivity index (χ2v) is 7.39. The van der Waals surface area contributed by atoms with Gasteiger partial charge < -0.3 is 14.4 Å². The third-order valence-electron chi connectivity index (χ3n) is 5.46. The van der Waals surface area contributed by atoms with Crippen molar-refractivity contribution >= 4 is 17.3 Å². The summed E-state index contributed by atoms with van der Waals surface area (Å²) in [6, 6.07) is 14.4. The number of carbonyl (C=O) groups is 1. The fourth-order valence-electron chi connectivity index (χ4n) is 3.92. The first-order valence-electron chi connectivity index (χ1n) is 10.5. The highest BCUT2D eigenvalue weighted by Crippen LogP contribution is 2.40. The van der Waals surface area contributed by atoms with E-state index in [0.29, 0.717) is 35.5 Å². The van der Waals surface area contributed by atoms with Crippen LogP contribution in [0.2, 0.25) is 0 Å². The predicted molar refractivity (Wildman–Crippen MR) is 124 cm³/mol. The van der Waals surface area contributed by atoms with Crippen molar-refractivity contribution in [3.63, 3.8) is 0 Å². The Morgan fingerprint density at radius 1 is 1.12 bits per heavy atom. The van der Waals surface area contributed by atoms with Crippen LogP contribution in [-0.4, -0.2) is 22.2 Å². The SMILES string of the molecule is [C-]#[N+]c1cccc(CC(O)c2ccc(-c3c([N+]#[C-])c(CC)n(C)c3C(=O)OCC)cc2)c1. The van der Waals surface area contributed by atoms with Gasteiger partial charge in [-0.1, -0.05) is 61.0 Å². The summed E-state index contributed by atoms with van der Waals surface area (Å²) in [6.07, 6.45) is 0.258. The van der Waals surface area contributed by atoms with Gasteiger partial charge in [-0.05, 0) is 24.5 Å². The molecule has 1 heterocycles. The number of aliphatic hydroxyl groups excluding tert-OH is 1. The maximum atomic E-state index is 12.7. The monoisotopic (exact) mass is 427 g/mol. The Balaban J connectivity index is 1.97. The third kappa shape index (κ3) is 4.42. The van der Waals surface area contributed by atoms with E-state index in [0.717, 1.165) is 22.4 Å². The van der Waals surface area contributed by atoms with E-state index in [2.05, 4.69) is 9.69 Å². The van der Waals surface area contributed by atoms with Gasteiger partial charge in [0.25, 0.3) is 0 Å². The first kappa shape index (κ1) is 22.8. The maximum absolute atomic E-state index is 12.7. The van der Waals surface area contributed by atoms with Crippen molar-refractivity contribution in [3.8, 4) is 11.1 Å². The Hall–Kier alpha value is -3.87. The number of carbonyl (C=O) groups excluding carboxylic acids is 1. The Morgan fingerprint density at radius 2 is 1.84 bits per heavy atom. The molecule has 3 rings (SSSR count). The summed E-state index contributed by atoms with van der Waals surface area (Å²) < 4.78 is 7.00. The molecule has 1 aromatic heterocycles. The van der Waals surface area contributed by atoms with Crippen molar-refractivity contribution in [2.75, 3.05) is 6.61 Å². The number of hydrogen-bond donors (Lipinski definition) is 1. The van der Waals surface area contributed by atoms with E-state index in [4.69, 9.17) is 17.9 Å². The Labute approximate surface area is 188 Å². The number of ether oxygens (including phenoxy) is 1. The predicted octanol–water partition coefficient (Wildman–Crippen LogP) is 5.81. The van der Waals surface area contributed by atoms with Crippen LogP contribution in [0.1, 0.15) is 47.3 Å². The summed E-state index contributed by atoms with van der Waals surface area (Å²) >= 11 is 0. The highest BCUT2D eigenvalue weighted by molar-refractivity contribution is 6.01. The van der Waals surface area contributed by atoms with Gasteiger partial charge in [-0.2, -0.15) is 0 Å². The largest absolute Gasteiger partial charge is 0.461 e. The van der Waals surface area contributed by atoms with Crippen LogP contribution < -0.4 is 0 Å². The van der Waals surface area contributed by atoms with Gasteiger partial charge in [-0.25, -0.2) is 14.5 Å². The second kappa shape index (κ2) is 9.96. The summed E-state index contributed by atoms with van der Waals surface area (Å²) in [7, 11) is 1.78. The Bertz CT molecular complexity index is 1210. The van der Waals surface area contributed by atoms with E-state index < -0.39 is 12.1 Å². The van der Waals surface area contributed by atoms with Gasteiger partial charge in [0.05, 0.1) is 25.9 Å². The van der Waals surface area contributed by atoms with Crippen LogP contribution in [0, 0.1) is 13.1 Å². The smallest absolute Gasteiger partial charge is 0.354 e. The lowest BCUT2D eigenvalue weighted by molar-refractivity contribution is 0.0516. The van der Waals surface area contributed by atoms with Crippen LogP contribution in [0.15, 0.2) is 48.5 Å². The summed E-state index contributed by atoms with van der Waals surface area (Å²) in [4.78, 5) is 19.8. The van der Waals surface area contributed by atoms with Crippen molar-refractivity contribution < 1.29 is 14.6 Å². The molecule has 0 aliphatic carbocycles. The number of esters is 1. The zero-order chi connectivity index (χ0) is 23.3. The summed E-state index contributed by atoms with van der Waals surface area (Å²) in [6.45, 7) is 18.8. The van der Waals surface area contributed by atoms with Crippen LogP contribution in [0.25, 0.3) is 20.8 Å². The van der Waals surface area contributed by atoms with Gasteiger partial charge in [0.15, 0.2) is 5.69 Å². The molecule has 0 aliphatic heterocycles. The number of benzene rings is 2. The molecule has 32 heavy (non-hydrogen) atoms. The zero-order valence-corrected chi connectivity index (χ0v) is 18.4. The van der Waals surface area contributed by atoms with Crippen molar-refractivity contribution in [3.05, 3.63) is 93.9 Å². The summed E-state index contributed by atoms with van der Waals surface area (Å²) in [5, 5.41) is 10.7. The molecule has 0 saturated carbocycles. The van der Waals surface area contributed by atoms with Gasteiger partial charge in [-0.15, -0.1) is 0 Å². The first-order chi connectivity index (χ1) is 15.4. The van der Waals surface area contributed by atoms with E-state index >= 15 is 0 Å². The Kier molecular flexibility index (Phi) is 7.10. The molecule has 0 fully saturated rings. The molecule has 2 aromatic carbocycles. The van der Waals surface area contributed by atoms with Crippen molar-refractivity contribution in [2.45, 2.75) is 32.8 Å². The molecule has 1 unspecified atom stereocenters. The van der Waals surface area contributed by atoms with Crippen LogP contribution >= 0.6 is 0 Å². The minimum atomic E-state index is -0.739. The van der Waals surface area contributed by atoms with Crippen LogP contribution in [0.3, 0.4) is 0 Å².